The molecule has 0 saturated heterocycles. The largest absolute Gasteiger partial charge is 0.387 e. The molecular weight excluding hydrogens is 360 g/mol. The summed E-state index contributed by atoms with van der Waals surface area (Å²) >= 11 is 0. The monoisotopic (exact) mass is 392 g/mol. The second-order valence-corrected chi connectivity index (χ2v) is 7.41. The number of anilines is 2. The highest BCUT2D eigenvalue weighted by Gasteiger charge is 2.34. The van der Waals surface area contributed by atoms with E-state index >= 15 is 0 Å². The zero-order valence-corrected chi connectivity index (χ0v) is 16.9. The van der Waals surface area contributed by atoms with Gasteiger partial charge in [-0.15, -0.1) is 0 Å². The molecular formula is C20H32N4O4+2. The van der Waals surface area contributed by atoms with E-state index < -0.39 is 24.4 Å². The third-order valence-corrected chi connectivity index (χ3v) is 4.71. The molecule has 0 amide bonds. The summed E-state index contributed by atoms with van der Waals surface area (Å²) in [4.78, 5) is 3.91. The lowest BCUT2D eigenvalue weighted by Gasteiger charge is -2.24. The number of aliphatic hydroxyl groups excluding tert-OH is 4. The average Bonchev–Trinajstić information content (AvgIpc) is 2.67. The first-order chi connectivity index (χ1) is 13.2. The van der Waals surface area contributed by atoms with Crippen LogP contribution >= 0.6 is 0 Å². The first-order valence-corrected chi connectivity index (χ1v) is 9.24. The minimum atomic E-state index is -1.47. The van der Waals surface area contributed by atoms with Crippen molar-refractivity contribution in [3.8, 4) is 0 Å². The Morgan fingerprint density at radius 1 is 0.643 bits per heavy atom. The van der Waals surface area contributed by atoms with Gasteiger partial charge in [0.1, 0.15) is 24.4 Å². The van der Waals surface area contributed by atoms with E-state index in [4.69, 9.17) is 0 Å². The van der Waals surface area contributed by atoms with Crippen LogP contribution in [0.2, 0.25) is 0 Å². The number of hydrogen-bond acceptors (Lipinski definition) is 6. The first kappa shape index (κ1) is 22.0. The third-order valence-electron chi connectivity index (χ3n) is 4.71. The molecule has 154 valence electrons. The highest BCUT2D eigenvalue weighted by molar-refractivity contribution is 5.42. The molecule has 2 rings (SSSR count). The lowest BCUT2D eigenvalue weighted by Crippen LogP contribution is -2.54. The molecule has 0 aliphatic carbocycles. The first-order valence-electron chi connectivity index (χ1n) is 9.24. The summed E-state index contributed by atoms with van der Waals surface area (Å²) < 4.78 is 3.43. The number of rotatable bonds is 9. The summed E-state index contributed by atoms with van der Waals surface area (Å²) in [5.74, 6) is 0. The van der Waals surface area contributed by atoms with E-state index in [0.717, 1.165) is 11.4 Å². The van der Waals surface area contributed by atoms with Crippen molar-refractivity contribution in [2.24, 2.45) is 0 Å². The van der Waals surface area contributed by atoms with Crippen molar-refractivity contribution in [1.82, 2.24) is 0 Å². The Morgan fingerprint density at radius 3 is 1.18 bits per heavy atom. The van der Waals surface area contributed by atoms with Crippen LogP contribution in [0.1, 0.15) is 0 Å². The van der Waals surface area contributed by atoms with Crippen molar-refractivity contribution >= 4 is 11.4 Å². The molecule has 0 spiro atoms. The zero-order valence-electron chi connectivity index (χ0n) is 16.9. The second-order valence-electron chi connectivity index (χ2n) is 7.41. The summed E-state index contributed by atoms with van der Waals surface area (Å²) in [5.41, 5.74) is 2.03. The van der Waals surface area contributed by atoms with Gasteiger partial charge < -0.3 is 30.2 Å². The molecule has 0 bridgehead atoms. The van der Waals surface area contributed by atoms with Gasteiger partial charge in [0, 0.05) is 63.8 Å². The van der Waals surface area contributed by atoms with E-state index in [2.05, 4.69) is 0 Å². The van der Waals surface area contributed by atoms with E-state index in [0.29, 0.717) is 0 Å². The number of nitrogens with zero attached hydrogens (tertiary/aromatic N) is 4. The molecule has 2 aromatic rings. The van der Waals surface area contributed by atoms with E-state index in [9.17, 15) is 20.4 Å². The lowest BCUT2D eigenvalue weighted by molar-refractivity contribution is -0.707. The van der Waals surface area contributed by atoms with Crippen LogP contribution in [-0.2, 0) is 13.1 Å². The third kappa shape index (κ3) is 5.87. The Morgan fingerprint density at radius 2 is 0.929 bits per heavy atom. The molecule has 2 aromatic heterocycles. The van der Waals surface area contributed by atoms with E-state index in [1.807, 2.05) is 62.3 Å². The SMILES string of the molecule is CN(C)c1cc[n+](C[C@@H](O)[C@H](O)[C@@H](O)[C@H](O)C[n+]2ccc(N(C)C)cc2)cc1. The van der Waals surface area contributed by atoms with Gasteiger partial charge in [-0.2, -0.15) is 0 Å². The molecule has 28 heavy (non-hydrogen) atoms. The Hall–Kier alpha value is -2.26. The highest BCUT2D eigenvalue weighted by Crippen LogP contribution is 2.09. The predicted octanol–water partition coefficient (Wildman–Crippen LogP) is -1.46. The summed E-state index contributed by atoms with van der Waals surface area (Å²) in [6.07, 6.45) is 1.76. The van der Waals surface area contributed by atoms with Gasteiger partial charge >= 0.3 is 0 Å². The van der Waals surface area contributed by atoms with E-state index in [-0.39, 0.29) is 13.1 Å². The topological polar surface area (TPSA) is 95.2 Å². The highest BCUT2D eigenvalue weighted by atomic mass is 16.4. The summed E-state index contributed by atoms with van der Waals surface area (Å²) in [6, 6.07) is 7.55. The van der Waals surface area contributed by atoms with Crippen LogP contribution in [0.15, 0.2) is 49.1 Å². The van der Waals surface area contributed by atoms with Crippen LogP contribution in [0.25, 0.3) is 0 Å². The van der Waals surface area contributed by atoms with Gasteiger partial charge in [-0.05, 0) is 0 Å². The predicted molar refractivity (Wildman–Crippen MR) is 106 cm³/mol. The smallest absolute Gasteiger partial charge is 0.176 e. The van der Waals surface area contributed by atoms with Gasteiger partial charge in [0.25, 0.3) is 0 Å². The number of aromatic nitrogens is 2. The summed E-state index contributed by atoms with van der Waals surface area (Å²) in [6.45, 7) is 0.201. The van der Waals surface area contributed by atoms with Gasteiger partial charge in [-0.25, -0.2) is 9.13 Å². The Bertz CT molecular complexity index is 658. The fraction of sp³-hybridized carbons (Fsp3) is 0.500. The summed E-state index contributed by atoms with van der Waals surface area (Å²) in [5, 5.41) is 41.1. The molecule has 8 nitrogen and oxygen atoms in total. The van der Waals surface area contributed by atoms with Crippen LogP contribution in [0, 0.1) is 0 Å². The van der Waals surface area contributed by atoms with Crippen molar-refractivity contribution in [3.63, 3.8) is 0 Å². The van der Waals surface area contributed by atoms with Crippen LogP contribution in [0.3, 0.4) is 0 Å². The van der Waals surface area contributed by atoms with Crippen LogP contribution < -0.4 is 18.9 Å². The van der Waals surface area contributed by atoms with Crippen molar-refractivity contribution < 1.29 is 29.6 Å². The van der Waals surface area contributed by atoms with Crippen LogP contribution in [0.4, 0.5) is 11.4 Å². The maximum absolute atomic E-state index is 10.3. The number of hydrogen-bond donors (Lipinski definition) is 4. The van der Waals surface area contributed by atoms with Gasteiger partial charge in [-0.3, -0.25) is 0 Å². The van der Waals surface area contributed by atoms with Gasteiger partial charge in [0.15, 0.2) is 37.9 Å². The fourth-order valence-corrected chi connectivity index (χ4v) is 2.84. The second kappa shape index (κ2) is 9.79. The minimum absolute atomic E-state index is 0.101. The van der Waals surface area contributed by atoms with Crippen molar-refractivity contribution in [3.05, 3.63) is 49.1 Å². The molecule has 4 N–H and O–H groups in total. The standard InChI is InChI=1S/C20H32N4O4/c1-21(2)15-5-9-23(10-6-15)13-17(25)19(27)20(28)18(26)14-24-11-7-16(8-12-24)22(3)4/h5-12,17-20,25-28H,13-14H2,1-4H3/q+2/t17-,18-,19+,20+/m1/s1. The quantitative estimate of drug-likeness (QED) is 0.390. The summed E-state index contributed by atoms with van der Waals surface area (Å²) in [7, 11) is 7.73. The number of aliphatic hydroxyl groups is 4. The van der Waals surface area contributed by atoms with Crippen LogP contribution in [-0.4, -0.2) is 73.0 Å². The molecule has 0 aliphatic heterocycles. The van der Waals surface area contributed by atoms with Crippen molar-refractivity contribution in [2.45, 2.75) is 37.5 Å². The Kier molecular flexibility index (Phi) is 7.70. The molecule has 0 aromatic carbocycles. The zero-order chi connectivity index (χ0) is 20.8. The molecule has 0 radical (unpaired) electrons. The van der Waals surface area contributed by atoms with Gasteiger partial charge in [0.2, 0.25) is 0 Å². The van der Waals surface area contributed by atoms with Crippen molar-refractivity contribution in [2.75, 3.05) is 38.0 Å². The van der Waals surface area contributed by atoms with Crippen molar-refractivity contribution in [1.29, 1.82) is 0 Å². The van der Waals surface area contributed by atoms with Gasteiger partial charge in [-0.1, -0.05) is 0 Å². The minimum Gasteiger partial charge on any atom is -0.387 e. The maximum atomic E-state index is 10.3. The van der Waals surface area contributed by atoms with Crippen LogP contribution in [0.5, 0.6) is 0 Å². The lowest BCUT2D eigenvalue weighted by atomic mass is 10.0. The Labute approximate surface area is 166 Å². The fourth-order valence-electron chi connectivity index (χ4n) is 2.84. The molecule has 0 aliphatic rings. The van der Waals surface area contributed by atoms with E-state index in [1.165, 1.54) is 0 Å². The molecule has 0 saturated carbocycles. The van der Waals surface area contributed by atoms with E-state index in [1.54, 1.807) is 33.9 Å². The Balaban J connectivity index is 1.92. The average molecular weight is 393 g/mol. The van der Waals surface area contributed by atoms with Gasteiger partial charge in [0.05, 0.1) is 0 Å². The normalized spacial score (nSPS) is 15.6. The molecule has 0 fully saturated rings. The molecule has 4 atom stereocenters. The molecule has 8 heteroatoms. The number of pyridine rings is 2. The maximum Gasteiger partial charge on any atom is 0.176 e. The molecule has 2 heterocycles. The molecule has 0 unspecified atom stereocenters.